The molecule has 4 nitrogen and oxygen atoms in total. The van der Waals surface area contributed by atoms with Crippen LogP contribution in [0.3, 0.4) is 0 Å². The van der Waals surface area contributed by atoms with Crippen molar-refractivity contribution in [3.05, 3.63) is 17.8 Å². The van der Waals surface area contributed by atoms with Crippen LogP contribution >= 0.6 is 0 Å². The van der Waals surface area contributed by atoms with Crippen molar-refractivity contribution in [1.82, 2.24) is 4.98 Å². The van der Waals surface area contributed by atoms with Crippen molar-refractivity contribution in [2.75, 3.05) is 12.3 Å². The van der Waals surface area contributed by atoms with Crippen LogP contribution in [-0.2, 0) is 0 Å². The average Bonchev–Trinajstić information content (AvgIpc) is 2.36. The molecule has 0 aliphatic carbocycles. The SMILES string of the molecule is Nc1[nH]ccc1[C@H](N)CCO. The summed E-state index contributed by atoms with van der Waals surface area (Å²) in [4.78, 5) is 2.82. The van der Waals surface area contributed by atoms with E-state index in [4.69, 9.17) is 16.6 Å². The number of aromatic amines is 1. The fraction of sp³-hybridized carbons (Fsp3) is 0.429. The molecule has 0 amide bonds. The third kappa shape index (κ3) is 1.72. The van der Waals surface area contributed by atoms with E-state index in [1.54, 1.807) is 6.20 Å². The summed E-state index contributed by atoms with van der Waals surface area (Å²) in [6, 6.07) is 1.67. The summed E-state index contributed by atoms with van der Waals surface area (Å²) in [5.41, 5.74) is 12.1. The standard InChI is InChI=1S/C7H13N3O/c8-6(2-4-11)5-1-3-10-7(5)9/h1,3,6,10-11H,2,4,8-9H2/t6-/m1/s1. The molecule has 0 bridgehead atoms. The van der Waals surface area contributed by atoms with Crippen LogP contribution in [0.25, 0.3) is 0 Å². The number of aromatic nitrogens is 1. The summed E-state index contributed by atoms with van der Waals surface area (Å²) in [6.45, 7) is 0.0891. The minimum atomic E-state index is -0.161. The minimum absolute atomic E-state index is 0.0891. The predicted octanol–water partition coefficient (Wildman–Crippen LogP) is -0.0209. The second kappa shape index (κ2) is 3.41. The van der Waals surface area contributed by atoms with Gasteiger partial charge in [0.1, 0.15) is 5.82 Å². The van der Waals surface area contributed by atoms with Crippen LogP contribution in [0.5, 0.6) is 0 Å². The number of hydrogen-bond donors (Lipinski definition) is 4. The number of aliphatic hydroxyl groups excluding tert-OH is 1. The Morgan fingerprint density at radius 1 is 1.64 bits per heavy atom. The van der Waals surface area contributed by atoms with Crippen LogP contribution in [-0.4, -0.2) is 16.7 Å². The van der Waals surface area contributed by atoms with E-state index < -0.39 is 0 Å². The number of hydrogen-bond acceptors (Lipinski definition) is 3. The molecule has 11 heavy (non-hydrogen) atoms. The smallest absolute Gasteiger partial charge is 0.105 e. The Labute approximate surface area is 65.2 Å². The van der Waals surface area contributed by atoms with Gasteiger partial charge in [0.15, 0.2) is 0 Å². The van der Waals surface area contributed by atoms with E-state index in [9.17, 15) is 0 Å². The zero-order valence-corrected chi connectivity index (χ0v) is 6.25. The van der Waals surface area contributed by atoms with E-state index in [1.165, 1.54) is 0 Å². The quantitative estimate of drug-likeness (QED) is 0.494. The van der Waals surface area contributed by atoms with Crippen LogP contribution in [0.15, 0.2) is 12.3 Å². The highest BCUT2D eigenvalue weighted by Gasteiger charge is 2.08. The number of H-pyrrole nitrogens is 1. The lowest BCUT2D eigenvalue weighted by molar-refractivity contribution is 0.277. The largest absolute Gasteiger partial charge is 0.396 e. The van der Waals surface area contributed by atoms with Gasteiger partial charge in [-0.05, 0) is 12.5 Å². The summed E-state index contributed by atoms with van der Waals surface area (Å²) in [5, 5.41) is 8.60. The van der Waals surface area contributed by atoms with Crippen molar-refractivity contribution in [3.8, 4) is 0 Å². The third-order valence-corrected chi connectivity index (χ3v) is 1.65. The topological polar surface area (TPSA) is 88.1 Å². The summed E-state index contributed by atoms with van der Waals surface area (Å²) < 4.78 is 0. The number of nitrogens with one attached hydrogen (secondary N) is 1. The Kier molecular flexibility index (Phi) is 2.51. The maximum atomic E-state index is 8.60. The van der Waals surface area contributed by atoms with Gasteiger partial charge in [0.2, 0.25) is 0 Å². The van der Waals surface area contributed by atoms with Crippen LogP contribution in [0.2, 0.25) is 0 Å². The Morgan fingerprint density at radius 3 is 2.82 bits per heavy atom. The third-order valence-electron chi connectivity index (χ3n) is 1.65. The number of rotatable bonds is 3. The van der Waals surface area contributed by atoms with Crippen molar-refractivity contribution in [2.45, 2.75) is 12.5 Å². The summed E-state index contributed by atoms with van der Waals surface area (Å²) in [7, 11) is 0. The Morgan fingerprint density at radius 2 is 2.36 bits per heavy atom. The monoisotopic (exact) mass is 155 g/mol. The fourth-order valence-electron chi connectivity index (χ4n) is 1.01. The second-order valence-corrected chi connectivity index (χ2v) is 2.47. The van der Waals surface area contributed by atoms with Crippen LogP contribution in [0.1, 0.15) is 18.0 Å². The van der Waals surface area contributed by atoms with Gasteiger partial charge >= 0.3 is 0 Å². The van der Waals surface area contributed by atoms with E-state index >= 15 is 0 Å². The molecule has 0 saturated heterocycles. The van der Waals surface area contributed by atoms with Gasteiger partial charge < -0.3 is 21.6 Å². The van der Waals surface area contributed by atoms with E-state index in [1.807, 2.05) is 6.07 Å². The molecular weight excluding hydrogens is 142 g/mol. The molecule has 0 saturated carbocycles. The minimum Gasteiger partial charge on any atom is -0.396 e. The fourth-order valence-corrected chi connectivity index (χ4v) is 1.01. The maximum absolute atomic E-state index is 8.60. The normalized spacial score (nSPS) is 13.3. The zero-order chi connectivity index (χ0) is 8.27. The number of nitrogen functional groups attached to an aromatic ring is 1. The first-order valence-corrected chi connectivity index (χ1v) is 3.55. The lowest BCUT2D eigenvalue weighted by Crippen LogP contribution is -2.12. The first-order chi connectivity index (χ1) is 5.25. The van der Waals surface area contributed by atoms with E-state index in [0.29, 0.717) is 12.2 Å². The molecule has 0 aliphatic rings. The van der Waals surface area contributed by atoms with Gasteiger partial charge in [0.25, 0.3) is 0 Å². The average molecular weight is 155 g/mol. The number of anilines is 1. The molecule has 1 heterocycles. The number of aliphatic hydroxyl groups is 1. The molecule has 0 unspecified atom stereocenters. The van der Waals surface area contributed by atoms with Crippen LogP contribution in [0, 0.1) is 0 Å². The Hall–Kier alpha value is -1.00. The molecule has 1 atom stereocenters. The van der Waals surface area contributed by atoms with Crippen LogP contribution < -0.4 is 11.5 Å². The highest BCUT2D eigenvalue weighted by atomic mass is 16.3. The van der Waals surface area contributed by atoms with Crippen molar-refractivity contribution in [3.63, 3.8) is 0 Å². The molecule has 1 aromatic heterocycles. The van der Waals surface area contributed by atoms with Crippen molar-refractivity contribution < 1.29 is 5.11 Å². The molecule has 1 aromatic rings. The van der Waals surface area contributed by atoms with Crippen molar-refractivity contribution in [1.29, 1.82) is 0 Å². The van der Waals surface area contributed by atoms with Gasteiger partial charge in [-0.15, -0.1) is 0 Å². The molecule has 0 aliphatic heterocycles. The van der Waals surface area contributed by atoms with Gasteiger partial charge in [-0.3, -0.25) is 0 Å². The molecule has 6 N–H and O–H groups in total. The van der Waals surface area contributed by atoms with Crippen molar-refractivity contribution in [2.24, 2.45) is 5.73 Å². The molecule has 4 heteroatoms. The Bertz CT molecular complexity index is 221. The van der Waals surface area contributed by atoms with Gasteiger partial charge in [-0.25, -0.2) is 0 Å². The van der Waals surface area contributed by atoms with Gasteiger partial charge in [-0.2, -0.15) is 0 Å². The second-order valence-electron chi connectivity index (χ2n) is 2.47. The van der Waals surface area contributed by atoms with E-state index in [0.717, 1.165) is 5.56 Å². The van der Waals surface area contributed by atoms with Gasteiger partial charge in [-0.1, -0.05) is 0 Å². The Balaban J connectivity index is 2.67. The van der Waals surface area contributed by atoms with E-state index in [2.05, 4.69) is 4.98 Å². The lowest BCUT2D eigenvalue weighted by Gasteiger charge is -2.07. The van der Waals surface area contributed by atoms with Gasteiger partial charge in [0.05, 0.1) is 0 Å². The first kappa shape index (κ1) is 8.10. The van der Waals surface area contributed by atoms with Crippen LogP contribution in [0.4, 0.5) is 5.82 Å². The molecule has 62 valence electrons. The summed E-state index contributed by atoms with van der Waals surface area (Å²) >= 11 is 0. The highest BCUT2D eigenvalue weighted by Crippen LogP contribution is 2.18. The summed E-state index contributed by atoms with van der Waals surface area (Å²) in [6.07, 6.45) is 2.28. The van der Waals surface area contributed by atoms with Crippen molar-refractivity contribution >= 4 is 5.82 Å². The summed E-state index contributed by atoms with van der Waals surface area (Å²) in [5.74, 6) is 0.589. The molecule has 1 rings (SSSR count). The van der Waals surface area contributed by atoms with Gasteiger partial charge in [0, 0.05) is 24.4 Å². The first-order valence-electron chi connectivity index (χ1n) is 3.55. The number of nitrogens with two attached hydrogens (primary N) is 2. The maximum Gasteiger partial charge on any atom is 0.105 e. The molecule has 0 radical (unpaired) electrons. The van der Waals surface area contributed by atoms with E-state index in [-0.39, 0.29) is 12.6 Å². The predicted molar refractivity (Wildman–Crippen MR) is 43.8 cm³/mol. The molecular formula is C7H13N3O. The molecule has 0 spiro atoms. The highest BCUT2D eigenvalue weighted by molar-refractivity contribution is 5.41. The zero-order valence-electron chi connectivity index (χ0n) is 6.25. The molecule has 0 aromatic carbocycles. The lowest BCUT2D eigenvalue weighted by atomic mass is 10.1. The molecule has 0 fully saturated rings.